The number of carbonyl (C=O) groups is 1. The minimum atomic E-state index is -0.528. The average molecular weight is 407 g/mol. The van der Waals surface area contributed by atoms with Gasteiger partial charge in [-0.05, 0) is 56.4 Å². The van der Waals surface area contributed by atoms with Crippen molar-refractivity contribution in [3.63, 3.8) is 0 Å². The Hall–Kier alpha value is -3.35. The first kappa shape index (κ1) is 19.9. The number of benzene rings is 1. The van der Waals surface area contributed by atoms with E-state index in [-0.39, 0.29) is 19.0 Å². The first-order valence-corrected chi connectivity index (χ1v) is 10.3. The maximum atomic E-state index is 13.1. The van der Waals surface area contributed by atoms with Gasteiger partial charge in [-0.2, -0.15) is 0 Å². The van der Waals surface area contributed by atoms with E-state index in [1.165, 1.54) is 29.2 Å². The first-order chi connectivity index (χ1) is 14.6. The molecule has 1 amide bonds. The Bertz CT molecular complexity index is 1190. The van der Waals surface area contributed by atoms with Gasteiger partial charge in [0.05, 0.1) is 23.7 Å². The predicted octanol–water partition coefficient (Wildman–Crippen LogP) is 2.81. The van der Waals surface area contributed by atoms with Crippen LogP contribution in [0.2, 0.25) is 0 Å². The number of aromatic nitrogens is 2. The summed E-state index contributed by atoms with van der Waals surface area (Å²) in [4.78, 5) is 38.5. The van der Waals surface area contributed by atoms with Crippen LogP contribution in [0.3, 0.4) is 0 Å². The molecule has 30 heavy (non-hydrogen) atoms. The molecule has 0 saturated carbocycles. The zero-order valence-electron chi connectivity index (χ0n) is 16.8. The van der Waals surface area contributed by atoms with Crippen LogP contribution in [0.5, 0.6) is 0 Å². The van der Waals surface area contributed by atoms with Gasteiger partial charge in [0.2, 0.25) is 5.91 Å². The number of furan rings is 1. The lowest BCUT2D eigenvalue weighted by Gasteiger charge is -2.15. The third kappa shape index (κ3) is 4.30. The minimum Gasteiger partial charge on any atom is -0.467 e. The highest BCUT2D eigenvalue weighted by atomic mass is 16.3. The molecule has 7 nitrogen and oxygen atoms in total. The van der Waals surface area contributed by atoms with Crippen LogP contribution >= 0.6 is 0 Å². The number of amides is 1. The number of para-hydroxylation sites is 1. The fourth-order valence-corrected chi connectivity index (χ4v) is 3.92. The van der Waals surface area contributed by atoms with Crippen LogP contribution in [0.25, 0.3) is 10.9 Å². The number of carbonyl (C=O) groups excluding carboxylic acids is 1. The Labute approximate surface area is 173 Å². The fraction of sp³-hybridized carbons (Fsp3) is 0.348. The van der Waals surface area contributed by atoms with Gasteiger partial charge in [-0.15, -0.1) is 0 Å². The molecule has 1 aliphatic rings. The minimum absolute atomic E-state index is 0.0191. The summed E-state index contributed by atoms with van der Waals surface area (Å²) in [7, 11) is 0. The van der Waals surface area contributed by atoms with E-state index in [1.54, 1.807) is 36.4 Å². The summed E-state index contributed by atoms with van der Waals surface area (Å²) in [6.07, 6.45) is 9.24. The third-order valence-electron chi connectivity index (χ3n) is 5.48. The van der Waals surface area contributed by atoms with E-state index in [9.17, 15) is 14.4 Å². The van der Waals surface area contributed by atoms with Crippen molar-refractivity contribution >= 4 is 16.8 Å². The largest absolute Gasteiger partial charge is 0.467 e. The molecule has 156 valence electrons. The molecule has 7 heteroatoms. The summed E-state index contributed by atoms with van der Waals surface area (Å²) >= 11 is 0. The van der Waals surface area contributed by atoms with Crippen LogP contribution < -0.4 is 16.6 Å². The van der Waals surface area contributed by atoms with Crippen LogP contribution in [0.4, 0.5) is 0 Å². The molecule has 1 aromatic carbocycles. The molecule has 0 saturated heterocycles. The maximum absolute atomic E-state index is 13.1. The summed E-state index contributed by atoms with van der Waals surface area (Å²) in [5.74, 6) is 0.253. The van der Waals surface area contributed by atoms with Crippen molar-refractivity contribution < 1.29 is 9.21 Å². The molecule has 3 aromatic rings. The van der Waals surface area contributed by atoms with Crippen LogP contribution in [-0.2, 0) is 17.9 Å². The highest BCUT2D eigenvalue weighted by Crippen LogP contribution is 2.19. The standard InChI is InChI=1S/C23H25N3O4/c27-21(24-13-12-17-7-2-1-3-8-17)16-25-20-11-5-4-10-19(20)22(28)26(23(25)29)15-18-9-6-14-30-18/h4-7,9-11,14H,1-3,8,12-13,15-16H2,(H,24,27). The summed E-state index contributed by atoms with van der Waals surface area (Å²) < 4.78 is 7.77. The van der Waals surface area contributed by atoms with Gasteiger partial charge in [-0.1, -0.05) is 23.8 Å². The highest BCUT2D eigenvalue weighted by Gasteiger charge is 2.16. The smallest absolute Gasteiger partial charge is 0.332 e. The average Bonchev–Trinajstić information content (AvgIpc) is 3.28. The van der Waals surface area contributed by atoms with Gasteiger partial charge in [0, 0.05) is 6.54 Å². The topological polar surface area (TPSA) is 86.2 Å². The van der Waals surface area contributed by atoms with E-state index in [2.05, 4.69) is 11.4 Å². The number of nitrogens with one attached hydrogen (secondary N) is 1. The second kappa shape index (κ2) is 8.98. The molecule has 2 heterocycles. The van der Waals surface area contributed by atoms with Crippen LogP contribution in [0, 0.1) is 0 Å². The van der Waals surface area contributed by atoms with Crippen molar-refractivity contribution in [1.82, 2.24) is 14.5 Å². The monoisotopic (exact) mass is 407 g/mol. The zero-order chi connectivity index (χ0) is 20.9. The van der Waals surface area contributed by atoms with Gasteiger partial charge in [-0.25, -0.2) is 4.79 Å². The van der Waals surface area contributed by atoms with E-state index < -0.39 is 11.2 Å². The first-order valence-electron chi connectivity index (χ1n) is 10.3. The Morgan fingerprint density at radius 1 is 1.07 bits per heavy atom. The number of rotatable bonds is 7. The Balaban J connectivity index is 1.58. The zero-order valence-corrected chi connectivity index (χ0v) is 16.8. The molecule has 2 aromatic heterocycles. The molecule has 0 fully saturated rings. The van der Waals surface area contributed by atoms with Gasteiger partial charge in [0.15, 0.2) is 0 Å². The summed E-state index contributed by atoms with van der Waals surface area (Å²) in [6.45, 7) is 0.422. The number of nitrogens with zero attached hydrogens (tertiary/aromatic N) is 2. The van der Waals surface area contributed by atoms with Gasteiger partial charge < -0.3 is 9.73 Å². The molecule has 1 N–H and O–H groups in total. The normalized spacial score (nSPS) is 13.9. The van der Waals surface area contributed by atoms with Crippen LogP contribution in [0.1, 0.15) is 37.9 Å². The van der Waals surface area contributed by atoms with Crippen molar-refractivity contribution in [2.45, 2.75) is 45.2 Å². The molecular weight excluding hydrogens is 382 g/mol. The molecule has 0 aliphatic heterocycles. The van der Waals surface area contributed by atoms with Crippen LogP contribution in [-0.4, -0.2) is 21.6 Å². The Morgan fingerprint density at radius 2 is 1.93 bits per heavy atom. The van der Waals surface area contributed by atoms with E-state index in [4.69, 9.17) is 4.42 Å². The quantitative estimate of drug-likeness (QED) is 0.610. The Morgan fingerprint density at radius 3 is 2.70 bits per heavy atom. The predicted molar refractivity (Wildman–Crippen MR) is 114 cm³/mol. The molecule has 1 aliphatic carbocycles. The number of allylic oxidation sites excluding steroid dienone is 1. The molecule has 0 atom stereocenters. The van der Waals surface area contributed by atoms with Crippen molar-refractivity contribution in [3.8, 4) is 0 Å². The lowest BCUT2D eigenvalue weighted by Crippen LogP contribution is -2.42. The molecule has 0 spiro atoms. The van der Waals surface area contributed by atoms with Gasteiger partial charge in [-0.3, -0.25) is 18.7 Å². The van der Waals surface area contributed by atoms with E-state index in [1.807, 2.05) is 0 Å². The number of fused-ring (bicyclic) bond motifs is 1. The summed E-state index contributed by atoms with van der Waals surface area (Å²) in [5, 5.41) is 3.30. The molecule has 0 bridgehead atoms. The Kier molecular flexibility index (Phi) is 5.97. The number of hydrogen-bond donors (Lipinski definition) is 1. The third-order valence-corrected chi connectivity index (χ3v) is 5.48. The lowest BCUT2D eigenvalue weighted by atomic mass is 9.97. The van der Waals surface area contributed by atoms with E-state index >= 15 is 0 Å². The lowest BCUT2D eigenvalue weighted by molar-refractivity contribution is -0.121. The molecular formula is C23H25N3O4. The molecule has 0 unspecified atom stereocenters. The van der Waals surface area contributed by atoms with Crippen LogP contribution in [0.15, 0.2) is 68.3 Å². The van der Waals surface area contributed by atoms with Gasteiger partial charge in [0.25, 0.3) is 5.56 Å². The highest BCUT2D eigenvalue weighted by molar-refractivity contribution is 5.81. The number of hydrogen-bond acceptors (Lipinski definition) is 4. The summed E-state index contributed by atoms with van der Waals surface area (Å²) in [6, 6.07) is 10.3. The van der Waals surface area contributed by atoms with Crippen molar-refractivity contribution in [2.24, 2.45) is 0 Å². The second-order valence-corrected chi connectivity index (χ2v) is 7.56. The fourth-order valence-electron chi connectivity index (χ4n) is 3.92. The molecule has 4 rings (SSSR count). The SMILES string of the molecule is O=C(Cn1c(=O)n(Cc2ccco2)c(=O)c2ccccc21)NCCC1=CCCCC1. The van der Waals surface area contributed by atoms with Crippen molar-refractivity contribution in [3.05, 3.63) is 80.9 Å². The van der Waals surface area contributed by atoms with Crippen molar-refractivity contribution in [1.29, 1.82) is 0 Å². The molecule has 0 radical (unpaired) electrons. The van der Waals surface area contributed by atoms with Crippen molar-refractivity contribution in [2.75, 3.05) is 6.54 Å². The van der Waals surface area contributed by atoms with E-state index in [0.29, 0.717) is 23.2 Å². The van der Waals surface area contributed by atoms with Gasteiger partial charge >= 0.3 is 5.69 Å². The maximum Gasteiger partial charge on any atom is 0.332 e. The van der Waals surface area contributed by atoms with E-state index in [0.717, 1.165) is 23.8 Å². The second-order valence-electron chi connectivity index (χ2n) is 7.56. The summed E-state index contributed by atoms with van der Waals surface area (Å²) in [5.41, 5.74) is 0.914. The van der Waals surface area contributed by atoms with Gasteiger partial charge in [0.1, 0.15) is 12.3 Å².